The van der Waals surface area contributed by atoms with E-state index in [9.17, 15) is 4.79 Å². The summed E-state index contributed by atoms with van der Waals surface area (Å²) in [5.74, 6) is 0.396. The lowest BCUT2D eigenvalue weighted by Crippen LogP contribution is -2.23. The zero-order valence-corrected chi connectivity index (χ0v) is 14.6. The van der Waals surface area contributed by atoms with Gasteiger partial charge in [-0.15, -0.1) is 0 Å². The molecule has 0 aromatic carbocycles. The summed E-state index contributed by atoms with van der Waals surface area (Å²) in [7, 11) is 0. The molecule has 4 rings (SSSR count). The molecule has 25 heavy (non-hydrogen) atoms. The van der Waals surface area contributed by atoms with Crippen molar-refractivity contribution in [1.29, 1.82) is 0 Å². The second-order valence-electron chi connectivity index (χ2n) is 6.36. The van der Waals surface area contributed by atoms with Gasteiger partial charge in [-0.1, -0.05) is 17.7 Å². The van der Waals surface area contributed by atoms with Gasteiger partial charge >= 0.3 is 0 Å². The van der Waals surface area contributed by atoms with Crippen molar-refractivity contribution >= 4 is 34.6 Å². The van der Waals surface area contributed by atoms with Crippen molar-refractivity contribution < 1.29 is 4.79 Å². The number of pyridine rings is 2. The number of aromatic nitrogens is 4. The zero-order chi connectivity index (χ0) is 17.4. The maximum Gasteiger partial charge on any atom is 0.232 e. The summed E-state index contributed by atoms with van der Waals surface area (Å²) in [6.45, 7) is 1.91. The largest absolute Gasteiger partial charge is 0.296 e. The molecule has 1 N–H and O–H groups in total. The van der Waals surface area contributed by atoms with E-state index >= 15 is 0 Å². The van der Waals surface area contributed by atoms with Crippen LogP contribution in [0, 0.1) is 6.92 Å². The van der Waals surface area contributed by atoms with Gasteiger partial charge in [0.25, 0.3) is 0 Å². The van der Waals surface area contributed by atoms with Crippen LogP contribution in [0.4, 0.5) is 5.95 Å². The Bertz CT molecular complexity index is 948. The summed E-state index contributed by atoms with van der Waals surface area (Å²) in [4.78, 5) is 25.8. The second kappa shape index (κ2) is 6.44. The number of fused-ring (bicyclic) bond motifs is 1. The van der Waals surface area contributed by atoms with E-state index in [1.165, 1.54) is 6.42 Å². The predicted octanol–water partition coefficient (Wildman–Crippen LogP) is 3.69. The van der Waals surface area contributed by atoms with E-state index < -0.39 is 0 Å². The smallest absolute Gasteiger partial charge is 0.232 e. The monoisotopic (exact) mass is 355 g/mol. The SMILES string of the molecule is Cc1cccc(CC(=O)Nc2nc3ccc(Cl)nc3n2C2CCC2)n1. The van der Waals surface area contributed by atoms with Crippen LogP contribution >= 0.6 is 11.6 Å². The van der Waals surface area contributed by atoms with Gasteiger partial charge in [-0.3, -0.25) is 19.7 Å². The molecule has 7 heteroatoms. The molecule has 1 aliphatic rings. The Morgan fingerprint density at radius 3 is 2.80 bits per heavy atom. The first kappa shape index (κ1) is 16.0. The number of carbonyl (C=O) groups is 1. The Balaban J connectivity index is 1.63. The van der Waals surface area contributed by atoms with E-state index in [-0.39, 0.29) is 12.3 Å². The van der Waals surface area contributed by atoms with Crippen molar-refractivity contribution in [2.45, 2.75) is 38.6 Å². The Morgan fingerprint density at radius 2 is 2.08 bits per heavy atom. The number of hydrogen-bond acceptors (Lipinski definition) is 4. The van der Waals surface area contributed by atoms with Gasteiger partial charge in [-0.05, 0) is 50.5 Å². The Morgan fingerprint density at radius 1 is 1.24 bits per heavy atom. The lowest BCUT2D eigenvalue weighted by molar-refractivity contribution is -0.115. The standard InChI is InChI=1S/C18H18ClN5O/c1-11-4-2-5-12(20-11)10-16(25)23-18-21-14-8-9-15(19)22-17(14)24(18)13-6-3-7-13/h2,4-5,8-9,13H,3,6-7,10H2,1H3,(H,21,23,25). The number of imidazole rings is 1. The average Bonchev–Trinajstić information content (AvgIpc) is 2.83. The third-order valence-corrected chi connectivity index (χ3v) is 4.69. The predicted molar refractivity (Wildman–Crippen MR) is 96.7 cm³/mol. The molecule has 0 bridgehead atoms. The number of anilines is 1. The summed E-state index contributed by atoms with van der Waals surface area (Å²) in [6.07, 6.45) is 3.50. The van der Waals surface area contributed by atoms with E-state index in [0.717, 1.165) is 35.4 Å². The van der Waals surface area contributed by atoms with Crippen molar-refractivity contribution in [1.82, 2.24) is 19.5 Å². The van der Waals surface area contributed by atoms with Crippen molar-refractivity contribution in [3.05, 3.63) is 46.9 Å². The van der Waals surface area contributed by atoms with Crippen LogP contribution in [0.5, 0.6) is 0 Å². The molecule has 0 radical (unpaired) electrons. The van der Waals surface area contributed by atoms with Crippen LogP contribution in [-0.2, 0) is 11.2 Å². The molecule has 0 atom stereocenters. The van der Waals surface area contributed by atoms with E-state index in [4.69, 9.17) is 11.6 Å². The van der Waals surface area contributed by atoms with E-state index in [0.29, 0.717) is 17.1 Å². The summed E-state index contributed by atoms with van der Waals surface area (Å²) in [6, 6.07) is 9.52. The van der Waals surface area contributed by atoms with Crippen molar-refractivity contribution in [3.63, 3.8) is 0 Å². The van der Waals surface area contributed by atoms with Crippen LogP contribution in [-0.4, -0.2) is 25.4 Å². The van der Waals surface area contributed by atoms with E-state index in [1.807, 2.05) is 35.8 Å². The highest BCUT2D eigenvalue weighted by Gasteiger charge is 2.26. The van der Waals surface area contributed by atoms with Crippen molar-refractivity contribution in [3.8, 4) is 0 Å². The molecule has 1 amide bonds. The van der Waals surface area contributed by atoms with Crippen LogP contribution in [0.15, 0.2) is 30.3 Å². The van der Waals surface area contributed by atoms with Gasteiger partial charge in [0.2, 0.25) is 11.9 Å². The molecule has 0 aliphatic heterocycles. The quantitative estimate of drug-likeness (QED) is 0.724. The first-order valence-electron chi connectivity index (χ1n) is 8.37. The van der Waals surface area contributed by atoms with E-state index in [2.05, 4.69) is 20.3 Å². The van der Waals surface area contributed by atoms with Gasteiger partial charge in [-0.25, -0.2) is 9.97 Å². The van der Waals surface area contributed by atoms with Crippen LogP contribution in [0.25, 0.3) is 11.2 Å². The third-order valence-electron chi connectivity index (χ3n) is 4.48. The molecule has 1 fully saturated rings. The molecule has 3 heterocycles. The van der Waals surface area contributed by atoms with Gasteiger partial charge in [0.15, 0.2) is 5.65 Å². The fraction of sp³-hybridized carbons (Fsp3) is 0.333. The number of amides is 1. The highest BCUT2D eigenvalue weighted by Crippen LogP contribution is 2.36. The lowest BCUT2D eigenvalue weighted by Gasteiger charge is -2.28. The molecule has 0 saturated heterocycles. The topological polar surface area (TPSA) is 72.7 Å². The first-order valence-corrected chi connectivity index (χ1v) is 8.75. The average molecular weight is 356 g/mol. The number of aryl methyl sites for hydroxylation is 1. The number of rotatable bonds is 4. The third kappa shape index (κ3) is 3.22. The van der Waals surface area contributed by atoms with Gasteiger partial charge < -0.3 is 0 Å². The molecular weight excluding hydrogens is 338 g/mol. The highest BCUT2D eigenvalue weighted by atomic mass is 35.5. The summed E-state index contributed by atoms with van der Waals surface area (Å²) >= 11 is 6.05. The van der Waals surface area contributed by atoms with Gasteiger partial charge in [0, 0.05) is 17.4 Å². The molecule has 128 valence electrons. The fourth-order valence-electron chi connectivity index (χ4n) is 3.06. The lowest BCUT2D eigenvalue weighted by atomic mass is 9.93. The molecule has 3 aromatic heterocycles. The van der Waals surface area contributed by atoms with E-state index in [1.54, 1.807) is 6.07 Å². The summed E-state index contributed by atoms with van der Waals surface area (Å²) in [5, 5.41) is 3.35. The molecule has 6 nitrogen and oxygen atoms in total. The molecule has 0 spiro atoms. The molecular formula is C18H18ClN5O. The number of hydrogen-bond donors (Lipinski definition) is 1. The highest BCUT2D eigenvalue weighted by molar-refractivity contribution is 6.29. The minimum absolute atomic E-state index is 0.139. The minimum atomic E-state index is -0.139. The van der Waals surface area contributed by atoms with Crippen LogP contribution in [0.1, 0.15) is 36.7 Å². The summed E-state index contributed by atoms with van der Waals surface area (Å²) in [5.41, 5.74) is 3.09. The Hall–Kier alpha value is -2.47. The molecule has 3 aromatic rings. The van der Waals surface area contributed by atoms with Gasteiger partial charge in [-0.2, -0.15) is 0 Å². The Labute approximate surface area is 150 Å². The van der Waals surface area contributed by atoms with Crippen molar-refractivity contribution in [2.24, 2.45) is 0 Å². The van der Waals surface area contributed by atoms with Crippen LogP contribution < -0.4 is 5.32 Å². The van der Waals surface area contributed by atoms with Gasteiger partial charge in [0.1, 0.15) is 10.7 Å². The summed E-state index contributed by atoms with van der Waals surface area (Å²) < 4.78 is 2.01. The molecule has 1 saturated carbocycles. The maximum atomic E-state index is 12.5. The number of nitrogens with zero attached hydrogens (tertiary/aromatic N) is 4. The normalized spacial score (nSPS) is 14.5. The number of nitrogens with one attached hydrogen (secondary N) is 1. The zero-order valence-electron chi connectivity index (χ0n) is 13.9. The fourth-order valence-corrected chi connectivity index (χ4v) is 3.20. The second-order valence-corrected chi connectivity index (χ2v) is 6.75. The van der Waals surface area contributed by atoms with Crippen molar-refractivity contribution in [2.75, 3.05) is 5.32 Å². The van der Waals surface area contributed by atoms with Crippen LogP contribution in [0.2, 0.25) is 5.15 Å². The maximum absolute atomic E-state index is 12.5. The first-order chi connectivity index (χ1) is 12.1. The molecule has 0 unspecified atom stereocenters. The molecule has 1 aliphatic carbocycles. The Kier molecular flexibility index (Phi) is 4.13. The van der Waals surface area contributed by atoms with Gasteiger partial charge in [0.05, 0.1) is 6.42 Å². The minimum Gasteiger partial charge on any atom is -0.296 e. The number of carbonyl (C=O) groups excluding carboxylic acids is 1. The van der Waals surface area contributed by atoms with Crippen LogP contribution in [0.3, 0.4) is 0 Å². The number of halogens is 1.